The Hall–Kier alpha value is -4.21. The largest absolute Gasteiger partial charge is 0.231 e. The summed E-state index contributed by atoms with van der Waals surface area (Å²) in [6.45, 7) is 0. The molecule has 0 fully saturated rings. The fraction of sp³-hybridized carbons (Fsp3) is 0. The van der Waals surface area contributed by atoms with E-state index in [0.29, 0.717) is 0 Å². The molecule has 0 bridgehead atoms. The summed E-state index contributed by atoms with van der Waals surface area (Å²) < 4.78 is 3.43. The summed E-state index contributed by atoms with van der Waals surface area (Å²) in [6, 6.07) is 43.0. The van der Waals surface area contributed by atoms with Gasteiger partial charge in [-0.25, -0.2) is 4.52 Å². The second kappa shape index (κ2) is 7.68. The average Bonchev–Trinajstić information content (AvgIpc) is 3.51. The van der Waals surface area contributed by atoms with Crippen LogP contribution in [0.1, 0.15) is 0 Å². The van der Waals surface area contributed by atoms with Crippen molar-refractivity contribution in [3.63, 3.8) is 0 Å². The third-order valence-electron chi connectivity index (χ3n) is 6.41. The molecule has 3 heteroatoms. The van der Waals surface area contributed by atoms with Crippen molar-refractivity contribution in [2.75, 3.05) is 0 Å². The number of thiophene rings is 1. The number of nitrogens with zero attached hydrogens (tertiary/aromatic N) is 2. The Bertz CT molecular complexity index is 1760. The van der Waals surface area contributed by atoms with Crippen molar-refractivity contribution in [3.8, 4) is 33.0 Å². The molecule has 160 valence electrons. The molecule has 0 saturated heterocycles. The third kappa shape index (κ3) is 2.98. The van der Waals surface area contributed by atoms with Gasteiger partial charge in [0.25, 0.3) is 0 Å². The highest BCUT2D eigenvalue weighted by Crippen LogP contribution is 2.43. The summed E-state index contributed by atoms with van der Waals surface area (Å²) in [4.78, 5) is 1.19. The lowest BCUT2D eigenvalue weighted by Crippen LogP contribution is -1.95. The Kier molecular flexibility index (Phi) is 4.36. The van der Waals surface area contributed by atoms with Gasteiger partial charge in [0.1, 0.15) is 5.69 Å². The van der Waals surface area contributed by atoms with Crippen molar-refractivity contribution < 1.29 is 0 Å². The highest BCUT2D eigenvalue weighted by Gasteiger charge is 2.22. The van der Waals surface area contributed by atoms with Gasteiger partial charge in [-0.05, 0) is 34.5 Å². The minimum atomic E-state index is 1.03. The number of pyridine rings is 1. The molecule has 34 heavy (non-hydrogen) atoms. The normalized spacial score (nSPS) is 11.5. The van der Waals surface area contributed by atoms with Crippen molar-refractivity contribution in [3.05, 3.63) is 121 Å². The van der Waals surface area contributed by atoms with Crippen molar-refractivity contribution in [2.45, 2.75) is 0 Å². The van der Waals surface area contributed by atoms with Crippen LogP contribution in [0.5, 0.6) is 0 Å². The van der Waals surface area contributed by atoms with Crippen LogP contribution in [-0.4, -0.2) is 9.61 Å². The van der Waals surface area contributed by atoms with Crippen molar-refractivity contribution in [1.82, 2.24) is 9.61 Å². The lowest BCUT2D eigenvalue weighted by Gasteiger charge is -2.10. The predicted molar refractivity (Wildman–Crippen MR) is 144 cm³/mol. The molecule has 2 nitrogen and oxygen atoms in total. The first-order valence-corrected chi connectivity index (χ1v) is 12.2. The van der Waals surface area contributed by atoms with Gasteiger partial charge in [0, 0.05) is 21.2 Å². The maximum Gasteiger partial charge on any atom is 0.111 e. The number of aromatic nitrogens is 2. The van der Waals surface area contributed by atoms with Crippen LogP contribution in [0.15, 0.2) is 121 Å². The molecule has 0 unspecified atom stereocenters. The van der Waals surface area contributed by atoms with Crippen LogP contribution in [0, 0.1) is 0 Å². The maximum absolute atomic E-state index is 5.31. The van der Waals surface area contributed by atoms with Gasteiger partial charge in [-0.2, -0.15) is 5.10 Å². The molecule has 0 aliphatic heterocycles. The minimum absolute atomic E-state index is 1.03. The minimum Gasteiger partial charge on any atom is -0.231 e. The van der Waals surface area contributed by atoms with Crippen molar-refractivity contribution in [1.29, 1.82) is 0 Å². The smallest absolute Gasteiger partial charge is 0.111 e. The van der Waals surface area contributed by atoms with E-state index in [-0.39, 0.29) is 0 Å². The summed E-state index contributed by atoms with van der Waals surface area (Å²) in [5.74, 6) is 0. The predicted octanol–water partition coefficient (Wildman–Crippen LogP) is 8.70. The van der Waals surface area contributed by atoms with E-state index in [1.807, 2.05) is 0 Å². The molecule has 4 aromatic carbocycles. The number of fused-ring (bicyclic) bond motifs is 4. The van der Waals surface area contributed by atoms with Gasteiger partial charge in [0.05, 0.1) is 16.1 Å². The molecular formula is C31H20N2S. The van der Waals surface area contributed by atoms with Gasteiger partial charge in [0.2, 0.25) is 0 Å². The first kappa shape index (κ1) is 19.3. The molecular weight excluding hydrogens is 432 g/mol. The Morgan fingerprint density at radius 3 is 2.00 bits per heavy atom. The molecule has 0 atom stereocenters. The van der Waals surface area contributed by atoms with E-state index in [0.717, 1.165) is 22.5 Å². The highest BCUT2D eigenvalue weighted by atomic mass is 32.1. The maximum atomic E-state index is 5.31. The van der Waals surface area contributed by atoms with Gasteiger partial charge >= 0.3 is 0 Å². The first-order valence-electron chi connectivity index (χ1n) is 11.4. The molecule has 0 amide bonds. The van der Waals surface area contributed by atoms with E-state index in [1.165, 1.54) is 36.9 Å². The zero-order valence-electron chi connectivity index (χ0n) is 18.3. The van der Waals surface area contributed by atoms with E-state index in [1.54, 1.807) is 11.3 Å². The van der Waals surface area contributed by atoms with Crippen LogP contribution < -0.4 is 0 Å². The SMILES string of the molecule is c1ccc(-c2c(-c3cc4ccccc4s3)nn3c(-c4ccccc4)cc4ccccc4c23)cc1. The number of benzene rings is 4. The van der Waals surface area contributed by atoms with Crippen molar-refractivity contribution in [2.24, 2.45) is 0 Å². The zero-order valence-corrected chi connectivity index (χ0v) is 19.2. The molecule has 7 aromatic rings. The van der Waals surface area contributed by atoms with Crippen LogP contribution in [0.25, 0.3) is 59.3 Å². The first-order chi connectivity index (χ1) is 16.9. The zero-order chi connectivity index (χ0) is 22.5. The Morgan fingerprint density at radius 2 is 1.24 bits per heavy atom. The van der Waals surface area contributed by atoms with E-state index in [2.05, 4.69) is 126 Å². The van der Waals surface area contributed by atoms with E-state index < -0.39 is 0 Å². The van der Waals surface area contributed by atoms with Crippen LogP contribution in [0.2, 0.25) is 0 Å². The topological polar surface area (TPSA) is 17.3 Å². The molecule has 0 aliphatic rings. The molecule has 0 spiro atoms. The average molecular weight is 453 g/mol. The lowest BCUT2D eigenvalue weighted by atomic mass is 9.99. The van der Waals surface area contributed by atoms with E-state index in [4.69, 9.17) is 5.10 Å². The Balaban J connectivity index is 1.67. The van der Waals surface area contributed by atoms with Gasteiger partial charge in [-0.15, -0.1) is 11.3 Å². The molecule has 3 aromatic heterocycles. The lowest BCUT2D eigenvalue weighted by molar-refractivity contribution is 0.981. The van der Waals surface area contributed by atoms with Crippen LogP contribution in [0.3, 0.4) is 0 Å². The standard InChI is InChI=1S/C31H20N2S/c1-3-11-21(12-4-1)26-19-23-15-7-9-17-25(23)31-29(22-13-5-2-6-14-22)30(32-33(26)31)28-20-24-16-8-10-18-27(24)34-28/h1-20H. The number of rotatable bonds is 3. The molecule has 3 heterocycles. The fourth-order valence-corrected chi connectivity index (χ4v) is 5.91. The second-order valence-electron chi connectivity index (χ2n) is 8.48. The van der Waals surface area contributed by atoms with E-state index >= 15 is 0 Å². The Labute approximate surface area is 201 Å². The summed E-state index contributed by atoms with van der Waals surface area (Å²) in [6.07, 6.45) is 0. The highest BCUT2D eigenvalue weighted by molar-refractivity contribution is 7.22. The van der Waals surface area contributed by atoms with Gasteiger partial charge in [-0.3, -0.25) is 0 Å². The van der Waals surface area contributed by atoms with E-state index in [9.17, 15) is 0 Å². The van der Waals surface area contributed by atoms with Gasteiger partial charge < -0.3 is 0 Å². The monoisotopic (exact) mass is 452 g/mol. The fourth-order valence-electron chi connectivity index (χ4n) is 4.85. The molecule has 7 rings (SSSR count). The quantitative estimate of drug-likeness (QED) is 0.262. The summed E-state index contributed by atoms with van der Waals surface area (Å²) in [7, 11) is 0. The third-order valence-corrected chi connectivity index (χ3v) is 7.54. The van der Waals surface area contributed by atoms with Crippen molar-refractivity contribution >= 4 is 37.7 Å². The van der Waals surface area contributed by atoms with Gasteiger partial charge in [0.15, 0.2) is 0 Å². The number of hydrogen-bond acceptors (Lipinski definition) is 2. The van der Waals surface area contributed by atoms with Crippen LogP contribution in [-0.2, 0) is 0 Å². The summed E-state index contributed by atoms with van der Waals surface area (Å²) in [5.41, 5.74) is 6.79. The summed E-state index contributed by atoms with van der Waals surface area (Å²) >= 11 is 1.81. The van der Waals surface area contributed by atoms with Gasteiger partial charge in [-0.1, -0.05) is 103 Å². The molecule has 0 saturated carbocycles. The molecule has 0 N–H and O–H groups in total. The Morgan fingerprint density at radius 1 is 0.588 bits per heavy atom. The number of hydrogen-bond donors (Lipinski definition) is 0. The molecule has 0 aliphatic carbocycles. The molecule has 0 radical (unpaired) electrons. The van der Waals surface area contributed by atoms with Crippen LogP contribution >= 0.6 is 11.3 Å². The second-order valence-corrected chi connectivity index (χ2v) is 9.57. The summed E-state index contributed by atoms with van der Waals surface area (Å²) in [5, 5.41) is 8.99. The van der Waals surface area contributed by atoms with Crippen LogP contribution in [0.4, 0.5) is 0 Å².